The van der Waals surface area contributed by atoms with Crippen LogP contribution in [0.15, 0.2) is 23.1 Å². The van der Waals surface area contributed by atoms with E-state index >= 15 is 0 Å². The molecule has 8 nitrogen and oxygen atoms in total. The summed E-state index contributed by atoms with van der Waals surface area (Å²) in [6.45, 7) is 7.24. The molecule has 0 bridgehead atoms. The van der Waals surface area contributed by atoms with Crippen molar-refractivity contribution < 1.29 is 18.0 Å². The Balaban J connectivity index is 1.61. The van der Waals surface area contributed by atoms with Crippen LogP contribution in [0, 0.1) is 5.92 Å². The Morgan fingerprint density at radius 3 is 2.37 bits per heavy atom. The van der Waals surface area contributed by atoms with Gasteiger partial charge in [0, 0.05) is 44.3 Å². The highest BCUT2D eigenvalue weighted by Gasteiger charge is 2.29. The molecule has 1 fully saturated rings. The van der Waals surface area contributed by atoms with Crippen molar-refractivity contribution in [2.24, 2.45) is 11.1 Å². The van der Waals surface area contributed by atoms with E-state index in [0.29, 0.717) is 45.7 Å². The maximum atomic E-state index is 12.7. The summed E-state index contributed by atoms with van der Waals surface area (Å²) in [5, 5.41) is 5.18. The SMILES string of the molecule is CC(C)C(=O)N1CCN(CC(=O)N2CCc3cc(S(N)(=O)=O)ccc32)CC1. The minimum atomic E-state index is -3.75. The second kappa shape index (κ2) is 7.57. The minimum Gasteiger partial charge on any atom is -0.340 e. The molecule has 27 heavy (non-hydrogen) atoms. The molecule has 0 radical (unpaired) electrons. The zero-order valence-corrected chi connectivity index (χ0v) is 16.5. The van der Waals surface area contributed by atoms with Crippen LogP contribution in [0.5, 0.6) is 0 Å². The first-order chi connectivity index (χ1) is 12.7. The zero-order valence-electron chi connectivity index (χ0n) is 15.7. The zero-order chi connectivity index (χ0) is 19.8. The van der Waals surface area contributed by atoms with Gasteiger partial charge in [0.15, 0.2) is 0 Å². The molecule has 9 heteroatoms. The molecule has 2 aliphatic heterocycles. The fraction of sp³-hybridized carbons (Fsp3) is 0.556. The normalized spacial score (nSPS) is 18.1. The van der Waals surface area contributed by atoms with Crippen LogP contribution in [0.1, 0.15) is 19.4 Å². The number of rotatable bonds is 4. The number of amides is 2. The molecule has 0 saturated carbocycles. The number of nitrogens with zero attached hydrogens (tertiary/aromatic N) is 3. The third kappa shape index (κ3) is 4.31. The van der Waals surface area contributed by atoms with Gasteiger partial charge in [0.05, 0.1) is 11.4 Å². The third-order valence-electron chi connectivity index (χ3n) is 5.11. The number of benzene rings is 1. The van der Waals surface area contributed by atoms with Crippen molar-refractivity contribution in [3.8, 4) is 0 Å². The fourth-order valence-corrected chi connectivity index (χ4v) is 4.15. The number of anilines is 1. The number of nitrogens with two attached hydrogens (primary N) is 1. The van der Waals surface area contributed by atoms with E-state index in [9.17, 15) is 18.0 Å². The third-order valence-corrected chi connectivity index (χ3v) is 6.02. The van der Waals surface area contributed by atoms with Crippen molar-refractivity contribution >= 4 is 27.5 Å². The topological polar surface area (TPSA) is 104 Å². The fourth-order valence-electron chi connectivity index (χ4n) is 3.58. The maximum absolute atomic E-state index is 12.7. The van der Waals surface area contributed by atoms with E-state index in [1.807, 2.05) is 18.7 Å². The van der Waals surface area contributed by atoms with Crippen molar-refractivity contribution in [3.63, 3.8) is 0 Å². The second-order valence-corrected chi connectivity index (χ2v) is 8.95. The molecule has 0 spiro atoms. The lowest BCUT2D eigenvalue weighted by Crippen LogP contribution is -2.52. The van der Waals surface area contributed by atoms with Crippen LogP contribution < -0.4 is 10.0 Å². The van der Waals surface area contributed by atoms with Crippen LogP contribution in [-0.4, -0.2) is 69.3 Å². The van der Waals surface area contributed by atoms with Crippen LogP contribution in [0.25, 0.3) is 0 Å². The van der Waals surface area contributed by atoms with Crippen molar-refractivity contribution in [1.29, 1.82) is 0 Å². The second-order valence-electron chi connectivity index (χ2n) is 7.39. The molecule has 1 saturated heterocycles. The number of piperazine rings is 1. The van der Waals surface area contributed by atoms with E-state index in [2.05, 4.69) is 4.90 Å². The lowest BCUT2D eigenvalue weighted by molar-refractivity contribution is -0.136. The molecular formula is C18H26N4O4S. The highest BCUT2D eigenvalue weighted by atomic mass is 32.2. The molecule has 2 amide bonds. The molecule has 2 N–H and O–H groups in total. The van der Waals surface area contributed by atoms with Crippen LogP contribution >= 0.6 is 0 Å². The van der Waals surface area contributed by atoms with Gasteiger partial charge in [0.1, 0.15) is 0 Å². The highest BCUT2D eigenvalue weighted by molar-refractivity contribution is 7.89. The lowest BCUT2D eigenvalue weighted by Gasteiger charge is -2.35. The average Bonchev–Trinajstić information content (AvgIpc) is 3.04. The lowest BCUT2D eigenvalue weighted by atomic mass is 10.1. The smallest absolute Gasteiger partial charge is 0.241 e. The Morgan fingerprint density at radius 1 is 1.11 bits per heavy atom. The van der Waals surface area contributed by atoms with Gasteiger partial charge in [-0.2, -0.15) is 0 Å². The largest absolute Gasteiger partial charge is 0.340 e. The summed E-state index contributed by atoms with van der Waals surface area (Å²) < 4.78 is 23.0. The molecule has 0 aliphatic carbocycles. The quantitative estimate of drug-likeness (QED) is 0.776. The van der Waals surface area contributed by atoms with Crippen molar-refractivity contribution in [2.45, 2.75) is 25.2 Å². The van der Waals surface area contributed by atoms with Crippen LogP contribution in [-0.2, 0) is 26.0 Å². The Kier molecular flexibility index (Phi) is 5.55. The molecule has 2 heterocycles. The molecule has 0 atom stereocenters. The first-order valence-corrected chi connectivity index (χ1v) is 10.7. The number of primary sulfonamides is 1. The van der Waals surface area contributed by atoms with Crippen molar-refractivity contribution in [3.05, 3.63) is 23.8 Å². The predicted octanol–water partition coefficient (Wildman–Crippen LogP) is 0.0233. The Bertz CT molecular complexity index is 845. The number of fused-ring (bicyclic) bond motifs is 1. The van der Waals surface area contributed by atoms with Gasteiger partial charge in [-0.05, 0) is 30.2 Å². The van der Waals surface area contributed by atoms with E-state index in [4.69, 9.17) is 5.14 Å². The average molecular weight is 394 g/mol. The van der Waals surface area contributed by atoms with E-state index in [-0.39, 0.29) is 22.6 Å². The summed E-state index contributed by atoms with van der Waals surface area (Å²) in [7, 11) is -3.75. The molecule has 3 rings (SSSR count). The van der Waals surface area contributed by atoms with Crippen molar-refractivity contribution in [2.75, 3.05) is 44.2 Å². The van der Waals surface area contributed by atoms with E-state index < -0.39 is 10.0 Å². The number of hydrogen-bond acceptors (Lipinski definition) is 5. The molecule has 1 aromatic rings. The summed E-state index contributed by atoms with van der Waals surface area (Å²) >= 11 is 0. The van der Waals surface area contributed by atoms with Gasteiger partial charge in [0.2, 0.25) is 21.8 Å². The van der Waals surface area contributed by atoms with Gasteiger partial charge < -0.3 is 9.80 Å². The number of carbonyl (C=O) groups excluding carboxylic acids is 2. The maximum Gasteiger partial charge on any atom is 0.241 e. The molecule has 2 aliphatic rings. The summed E-state index contributed by atoms with van der Waals surface area (Å²) in [5.41, 5.74) is 1.57. The van der Waals surface area contributed by atoms with Gasteiger partial charge >= 0.3 is 0 Å². The summed E-state index contributed by atoms with van der Waals surface area (Å²) in [5.74, 6) is 0.127. The Hall–Kier alpha value is -1.97. The van der Waals surface area contributed by atoms with E-state index in [1.54, 1.807) is 17.0 Å². The number of sulfonamides is 1. The van der Waals surface area contributed by atoms with Gasteiger partial charge in [-0.1, -0.05) is 13.8 Å². The van der Waals surface area contributed by atoms with Crippen LogP contribution in [0.2, 0.25) is 0 Å². The molecular weight excluding hydrogens is 368 g/mol. The Labute approximate surface area is 160 Å². The molecule has 1 aromatic carbocycles. The summed E-state index contributed by atoms with van der Waals surface area (Å²) in [6, 6.07) is 4.64. The van der Waals surface area contributed by atoms with Crippen molar-refractivity contribution in [1.82, 2.24) is 9.80 Å². The molecule has 0 unspecified atom stereocenters. The minimum absolute atomic E-state index is 0.0125. The van der Waals surface area contributed by atoms with Gasteiger partial charge in [-0.25, -0.2) is 13.6 Å². The first kappa shape index (κ1) is 19.8. The Morgan fingerprint density at radius 2 is 1.78 bits per heavy atom. The number of carbonyl (C=O) groups is 2. The van der Waals surface area contributed by atoms with Gasteiger partial charge in [0.25, 0.3) is 0 Å². The monoisotopic (exact) mass is 394 g/mol. The number of hydrogen-bond donors (Lipinski definition) is 1. The van der Waals surface area contributed by atoms with Gasteiger partial charge in [-0.15, -0.1) is 0 Å². The van der Waals surface area contributed by atoms with E-state index in [0.717, 1.165) is 11.3 Å². The highest BCUT2D eigenvalue weighted by Crippen LogP contribution is 2.30. The summed E-state index contributed by atoms with van der Waals surface area (Å²) in [6.07, 6.45) is 0.612. The summed E-state index contributed by atoms with van der Waals surface area (Å²) in [4.78, 5) is 30.5. The van der Waals surface area contributed by atoms with E-state index in [1.165, 1.54) is 6.07 Å². The van der Waals surface area contributed by atoms with Crippen LogP contribution in [0.4, 0.5) is 5.69 Å². The first-order valence-electron chi connectivity index (χ1n) is 9.14. The van der Waals surface area contributed by atoms with Gasteiger partial charge in [-0.3, -0.25) is 14.5 Å². The molecule has 148 valence electrons. The molecule has 0 aromatic heterocycles. The predicted molar refractivity (Wildman–Crippen MR) is 102 cm³/mol. The standard InChI is InChI=1S/C18H26N4O4S/c1-13(2)18(24)21-9-7-20(8-10-21)12-17(23)22-6-5-14-11-15(27(19,25)26)3-4-16(14)22/h3-4,11,13H,5-10,12H2,1-2H3,(H2,19,25,26). The van der Waals surface area contributed by atoms with Crippen LogP contribution in [0.3, 0.4) is 0 Å².